The number of amides is 2. The van der Waals surface area contributed by atoms with Gasteiger partial charge in [-0.2, -0.15) is 5.26 Å². The number of carbonyl (C=O) groups excluding carboxylic acids is 2. The highest BCUT2D eigenvalue weighted by molar-refractivity contribution is 5.84. The molecule has 0 aromatic heterocycles. The molecule has 0 spiro atoms. The summed E-state index contributed by atoms with van der Waals surface area (Å²) in [5.74, 6) is 1.44. The van der Waals surface area contributed by atoms with E-state index >= 15 is 0 Å². The van der Waals surface area contributed by atoms with Crippen molar-refractivity contribution in [1.82, 2.24) is 9.80 Å². The summed E-state index contributed by atoms with van der Waals surface area (Å²) in [6.07, 6.45) is 8.98. The maximum absolute atomic E-state index is 13.6. The second-order valence-corrected chi connectivity index (χ2v) is 12.2. The highest BCUT2D eigenvalue weighted by Crippen LogP contribution is 2.64. The van der Waals surface area contributed by atoms with E-state index < -0.39 is 6.04 Å². The Hall–Kier alpha value is -1.69. The molecule has 4 bridgehead atoms. The topological polar surface area (TPSA) is 126 Å². The molecule has 2 heterocycles. The number of nitriles is 1. The molecule has 7 fully saturated rings. The van der Waals surface area contributed by atoms with Gasteiger partial charge in [0.15, 0.2) is 0 Å². The van der Waals surface area contributed by atoms with Crippen LogP contribution in [0.4, 0.5) is 0 Å². The van der Waals surface area contributed by atoms with Gasteiger partial charge >= 0.3 is 0 Å². The summed E-state index contributed by atoms with van der Waals surface area (Å²) in [6, 6.07) is 1.77. The van der Waals surface area contributed by atoms with Crippen molar-refractivity contribution in [2.24, 2.45) is 40.6 Å². The summed E-state index contributed by atoms with van der Waals surface area (Å²) < 4.78 is 6.66. The molecule has 5 aliphatic carbocycles. The first-order chi connectivity index (χ1) is 15.8. The van der Waals surface area contributed by atoms with Crippen LogP contribution >= 0.6 is 0 Å². The molecule has 0 aromatic carbocycles. The van der Waals surface area contributed by atoms with Crippen molar-refractivity contribution >= 4 is 11.8 Å². The highest BCUT2D eigenvalue weighted by atomic mass is 16.5. The molecule has 180 valence electrons. The summed E-state index contributed by atoms with van der Waals surface area (Å²) in [4.78, 5) is 29.2. The first-order valence-electron chi connectivity index (χ1n) is 12.9. The first kappa shape index (κ1) is 21.8. The molecule has 2 amide bonds. The van der Waals surface area contributed by atoms with Gasteiger partial charge in [0.1, 0.15) is 6.04 Å². The zero-order valence-electron chi connectivity index (χ0n) is 19.5. The van der Waals surface area contributed by atoms with Crippen molar-refractivity contribution in [2.75, 3.05) is 26.2 Å². The van der Waals surface area contributed by atoms with E-state index in [1.807, 2.05) is 4.90 Å². The lowest BCUT2D eigenvalue weighted by Crippen LogP contribution is -2.65. The normalized spacial score (nSPS) is 46.2. The summed E-state index contributed by atoms with van der Waals surface area (Å²) in [5.41, 5.74) is 11.9. The van der Waals surface area contributed by atoms with Crippen LogP contribution < -0.4 is 11.5 Å². The van der Waals surface area contributed by atoms with E-state index in [4.69, 9.17) is 16.2 Å². The Bertz CT molecular complexity index is 872. The Kier molecular flexibility index (Phi) is 5.06. The van der Waals surface area contributed by atoms with Gasteiger partial charge in [-0.05, 0) is 87.5 Å². The minimum atomic E-state index is -0.531. The Morgan fingerprint density at radius 2 is 1.91 bits per heavy atom. The molecule has 5 saturated carbocycles. The molecule has 7 aliphatic rings. The van der Waals surface area contributed by atoms with Gasteiger partial charge in [0.05, 0.1) is 30.2 Å². The maximum Gasteiger partial charge on any atom is 0.241 e. The molecular weight excluding hydrogens is 418 g/mol. The Morgan fingerprint density at radius 3 is 2.58 bits per heavy atom. The zero-order chi connectivity index (χ0) is 23.0. The van der Waals surface area contributed by atoms with Crippen LogP contribution in [0.5, 0.6) is 0 Å². The smallest absolute Gasteiger partial charge is 0.241 e. The van der Waals surface area contributed by atoms with Crippen LogP contribution in [0.2, 0.25) is 0 Å². The average molecular weight is 456 g/mol. The molecule has 4 N–H and O–H groups in total. The Balaban J connectivity index is 1.13. The van der Waals surface area contributed by atoms with Gasteiger partial charge in [0.25, 0.3) is 0 Å². The lowest BCUT2D eigenvalue weighted by atomic mass is 9.46. The minimum absolute atomic E-state index is 0.0122. The first-order valence-corrected chi connectivity index (χ1v) is 12.9. The van der Waals surface area contributed by atoms with Crippen LogP contribution in [-0.4, -0.2) is 71.6 Å². The number of nitrogens with zero attached hydrogens (tertiary/aromatic N) is 3. The summed E-state index contributed by atoms with van der Waals surface area (Å²) >= 11 is 0. The molecule has 2 unspecified atom stereocenters. The maximum atomic E-state index is 13.6. The van der Waals surface area contributed by atoms with Gasteiger partial charge in [0, 0.05) is 19.1 Å². The quantitative estimate of drug-likeness (QED) is 0.590. The molecule has 33 heavy (non-hydrogen) atoms. The second-order valence-electron chi connectivity index (χ2n) is 12.2. The molecule has 2 saturated heterocycles. The van der Waals surface area contributed by atoms with Crippen molar-refractivity contribution < 1.29 is 14.3 Å². The number of hydrogen-bond acceptors (Lipinski definition) is 6. The number of primary amides is 1. The fourth-order valence-corrected chi connectivity index (χ4v) is 8.75. The molecule has 8 nitrogen and oxygen atoms in total. The van der Waals surface area contributed by atoms with Crippen LogP contribution in [0.1, 0.15) is 57.8 Å². The molecule has 0 radical (unpaired) electrons. The molecule has 2 aliphatic heterocycles. The van der Waals surface area contributed by atoms with Crippen LogP contribution in [-0.2, 0) is 14.3 Å². The molecule has 7 rings (SSSR count). The zero-order valence-corrected chi connectivity index (χ0v) is 19.5. The minimum Gasteiger partial charge on any atom is -0.374 e. The van der Waals surface area contributed by atoms with Crippen LogP contribution in [0.3, 0.4) is 0 Å². The standard InChI is InChI=1S/C25H37N5O3/c26-12-19-6-18-7-20(18)30(19)23(32)21(27)24-8-15-5-16(9-24)11-25(10-15,14-24)33-4-3-29-2-1-17(13-29)22(28)31/h15-21H,1-11,13-14,27H2,(H2,28,31)/t15?,16?,17-,18-,19+,20+,21-,24?,25?/m1/s1. The number of ether oxygens (including phenoxy) is 1. The molecule has 8 heteroatoms. The van der Waals surface area contributed by atoms with E-state index in [0.717, 1.165) is 71.0 Å². The number of carbonyl (C=O) groups is 2. The third-order valence-electron chi connectivity index (χ3n) is 9.98. The van der Waals surface area contributed by atoms with Gasteiger partial charge in [-0.25, -0.2) is 0 Å². The van der Waals surface area contributed by atoms with E-state index in [1.54, 1.807) is 0 Å². The van der Waals surface area contributed by atoms with Crippen molar-refractivity contribution in [2.45, 2.75) is 81.5 Å². The fraction of sp³-hybridized carbons (Fsp3) is 0.880. The van der Waals surface area contributed by atoms with E-state index in [0.29, 0.717) is 24.4 Å². The third-order valence-corrected chi connectivity index (χ3v) is 9.98. The lowest BCUT2D eigenvalue weighted by Gasteiger charge is -2.63. The summed E-state index contributed by atoms with van der Waals surface area (Å²) in [6.45, 7) is 3.10. The third kappa shape index (κ3) is 3.59. The van der Waals surface area contributed by atoms with Gasteiger partial charge in [-0.15, -0.1) is 0 Å². The van der Waals surface area contributed by atoms with Crippen molar-refractivity contribution in [1.29, 1.82) is 5.26 Å². The predicted octanol–water partition coefficient (Wildman–Crippen LogP) is 0.989. The van der Waals surface area contributed by atoms with Crippen LogP contribution in [0.15, 0.2) is 0 Å². The molecular formula is C25H37N5O3. The van der Waals surface area contributed by atoms with Gasteiger partial charge in [-0.1, -0.05) is 0 Å². The van der Waals surface area contributed by atoms with Gasteiger partial charge in [0.2, 0.25) is 11.8 Å². The summed E-state index contributed by atoms with van der Waals surface area (Å²) in [7, 11) is 0. The largest absolute Gasteiger partial charge is 0.374 e. The molecule has 7 atom stereocenters. The van der Waals surface area contributed by atoms with Gasteiger partial charge < -0.3 is 26.0 Å². The highest BCUT2D eigenvalue weighted by Gasteiger charge is 2.63. The number of hydrogen-bond donors (Lipinski definition) is 2. The Morgan fingerprint density at radius 1 is 1.15 bits per heavy atom. The van der Waals surface area contributed by atoms with E-state index in [-0.39, 0.29) is 40.8 Å². The number of fused-ring (bicyclic) bond motifs is 1. The average Bonchev–Trinajstić information content (AvgIpc) is 3.18. The SMILES string of the molecule is N#C[C@@H]1C[C@@H]2C[C@@H]2N1C(=O)[C@@H](N)C12CC3CC(CC(OCCN4CC[C@@H](C(N)=O)C4)(C3)C1)C2. The van der Waals surface area contributed by atoms with E-state index in [9.17, 15) is 14.9 Å². The lowest BCUT2D eigenvalue weighted by molar-refractivity contribution is -0.201. The number of likely N-dealkylation sites (tertiary alicyclic amines) is 2. The van der Waals surface area contributed by atoms with Crippen molar-refractivity contribution in [3.05, 3.63) is 0 Å². The number of rotatable bonds is 7. The van der Waals surface area contributed by atoms with E-state index in [1.165, 1.54) is 6.42 Å². The monoisotopic (exact) mass is 455 g/mol. The van der Waals surface area contributed by atoms with Crippen molar-refractivity contribution in [3.63, 3.8) is 0 Å². The number of nitrogens with two attached hydrogens (primary N) is 2. The predicted molar refractivity (Wildman–Crippen MR) is 120 cm³/mol. The van der Waals surface area contributed by atoms with Crippen LogP contribution in [0, 0.1) is 40.4 Å². The second kappa shape index (κ2) is 7.66. The van der Waals surface area contributed by atoms with Crippen LogP contribution in [0.25, 0.3) is 0 Å². The molecule has 0 aromatic rings. The summed E-state index contributed by atoms with van der Waals surface area (Å²) in [5, 5.41) is 9.58. The van der Waals surface area contributed by atoms with E-state index in [2.05, 4.69) is 11.0 Å². The van der Waals surface area contributed by atoms with Crippen molar-refractivity contribution in [3.8, 4) is 6.07 Å². The van der Waals surface area contributed by atoms with Gasteiger partial charge in [-0.3, -0.25) is 9.59 Å². The Labute approximate surface area is 195 Å². The number of piperidine rings is 1. The fourth-order valence-electron chi connectivity index (χ4n) is 8.75.